The van der Waals surface area contributed by atoms with E-state index in [1.54, 1.807) is 12.1 Å². The minimum atomic E-state index is -1.14. The van der Waals surface area contributed by atoms with Gasteiger partial charge in [0.25, 0.3) is 0 Å². The molecule has 0 unspecified atom stereocenters. The molecule has 1 aromatic carbocycles. The zero-order valence-electron chi connectivity index (χ0n) is 17.2. The minimum Gasteiger partial charge on any atom is -0.478 e. The van der Waals surface area contributed by atoms with Crippen LogP contribution in [0.2, 0.25) is 0 Å². The number of ketones is 1. The van der Waals surface area contributed by atoms with Gasteiger partial charge in [-0.25, -0.2) is 4.79 Å². The maximum atomic E-state index is 12.1. The van der Waals surface area contributed by atoms with Crippen LogP contribution in [0.15, 0.2) is 34.8 Å². The number of Topliss-reactive ketones (excluding diaryl/α,β-unsaturated/α-hetero) is 1. The molecule has 0 spiro atoms. The van der Waals surface area contributed by atoms with Crippen molar-refractivity contribution in [2.75, 3.05) is 0 Å². The highest BCUT2D eigenvalue weighted by Crippen LogP contribution is 2.17. The van der Waals surface area contributed by atoms with E-state index in [-0.39, 0.29) is 10.3 Å². The number of aliphatic carboxylic acids is 1. The quantitative estimate of drug-likeness (QED) is 0.161. The number of benzene rings is 1. The second kappa shape index (κ2) is 15.5. The number of hydrogen-bond donors (Lipinski definition) is 1. The van der Waals surface area contributed by atoms with E-state index < -0.39 is 5.97 Å². The van der Waals surface area contributed by atoms with Crippen LogP contribution in [0.25, 0.3) is 0 Å². The van der Waals surface area contributed by atoms with Crippen LogP contribution in [0.5, 0.6) is 0 Å². The summed E-state index contributed by atoms with van der Waals surface area (Å²) in [5, 5.41) is 8.71. The van der Waals surface area contributed by atoms with Crippen molar-refractivity contribution in [2.45, 2.75) is 90.4 Å². The summed E-state index contributed by atoms with van der Waals surface area (Å²) in [5.41, 5.74) is 1.73. The molecule has 0 fully saturated rings. The molecule has 0 aliphatic rings. The fraction of sp³-hybridized carbons (Fsp3) is 0.583. The molecule has 0 aliphatic heterocycles. The molecule has 4 heteroatoms. The third-order valence-electron chi connectivity index (χ3n) is 5.00. The van der Waals surface area contributed by atoms with Gasteiger partial charge in [-0.2, -0.15) is 0 Å². The van der Waals surface area contributed by atoms with Crippen LogP contribution in [0.1, 0.15) is 99.9 Å². The number of carbonyl (C=O) groups excluding carboxylic acids is 1. The monoisotopic (exact) mass is 450 g/mol. The first kappa shape index (κ1) is 24.6. The fourth-order valence-electron chi connectivity index (χ4n) is 3.30. The van der Waals surface area contributed by atoms with Gasteiger partial charge in [0.1, 0.15) is 0 Å². The number of aryl methyl sites for hydroxylation is 1. The Balaban J connectivity index is 2.12. The van der Waals surface area contributed by atoms with Crippen LogP contribution in [0.4, 0.5) is 0 Å². The van der Waals surface area contributed by atoms with Gasteiger partial charge in [0.15, 0.2) is 5.78 Å². The lowest BCUT2D eigenvalue weighted by molar-refractivity contribution is -0.131. The van der Waals surface area contributed by atoms with E-state index >= 15 is 0 Å². The first-order chi connectivity index (χ1) is 13.5. The van der Waals surface area contributed by atoms with Crippen molar-refractivity contribution >= 4 is 27.7 Å². The van der Waals surface area contributed by atoms with E-state index in [1.807, 2.05) is 12.1 Å². The number of unbranched alkanes of at least 4 members (excludes halogenated alkanes) is 11. The summed E-state index contributed by atoms with van der Waals surface area (Å²) in [5.74, 6) is -1.44. The highest BCUT2D eigenvalue weighted by Gasteiger charge is 2.11. The van der Waals surface area contributed by atoms with Gasteiger partial charge in [-0.15, -0.1) is 0 Å². The Morgan fingerprint density at radius 2 is 1.29 bits per heavy atom. The molecule has 1 rings (SSSR count). The molecule has 3 nitrogen and oxygen atoms in total. The van der Waals surface area contributed by atoms with Gasteiger partial charge in [0.2, 0.25) is 0 Å². The smallest absolute Gasteiger partial charge is 0.329 e. The topological polar surface area (TPSA) is 54.4 Å². The van der Waals surface area contributed by atoms with Gasteiger partial charge >= 0.3 is 5.97 Å². The molecule has 0 saturated carbocycles. The lowest BCUT2D eigenvalue weighted by atomic mass is 10.0. The molecule has 1 N–H and O–H groups in total. The van der Waals surface area contributed by atoms with Crippen molar-refractivity contribution in [1.29, 1.82) is 0 Å². The van der Waals surface area contributed by atoms with Crippen LogP contribution >= 0.6 is 15.9 Å². The average molecular weight is 451 g/mol. The zero-order valence-corrected chi connectivity index (χ0v) is 18.8. The lowest BCUT2D eigenvalue weighted by Gasteiger charge is -2.05. The standard InChI is InChI=1S/C24H35BrO3/c1-2-3-4-5-6-7-8-9-10-11-12-13-14-20-15-17-21(18-16-20)24(28)22(25)19-23(26)27/h15-19H,2-14H2,1H3,(H,26,27)/b22-19+. The van der Waals surface area contributed by atoms with E-state index in [4.69, 9.17) is 5.11 Å². The summed E-state index contributed by atoms with van der Waals surface area (Å²) in [6.07, 6.45) is 18.0. The molecule has 0 aromatic heterocycles. The van der Waals surface area contributed by atoms with Gasteiger partial charge in [-0.3, -0.25) is 4.79 Å². The van der Waals surface area contributed by atoms with E-state index in [0.717, 1.165) is 12.5 Å². The largest absolute Gasteiger partial charge is 0.478 e. The van der Waals surface area contributed by atoms with E-state index in [9.17, 15) is 9.59 Å². The predicted octanol–water partition coefficient (Wildman–Crippen LogP) is 7.48. The van der Waals surface area contributed by atoms with Crippen LogP contribution in [-0.4, -0.2) is 16.9 Å². The maximum absolute atomic E-state index is 12.1. The first-order valence-electron chi connectivity index (χ1n) is 10.8. The highest BCUT2D eigenvalue weighted by atomic mass is 79.9. The SMILES string of the molecule is CCCCCCCCCCCCCCc1ccc(C(=O)/C(Br)=C\C(=O)O)cc1. The molecule has 0 aliphatic carbocycles. The Bertz CT molecular complexity index is 605. The van der Waals surface area contributed by atoms with Crippen molar-refractivity contribution in [3.8, 4) is 0 Å². The second-order valence-electron chi connectivity index (χ2n) is 7.50. The van der Waals surface area contributed by atoms with Crippen LogP contribution < -0.4 is 0 Å². The molecule has 0 saturated heterocycles. The summed E-state index contributed by atoms with van der Waals surface area (Å²) in [6.45, 7) is 2.26. The van der Waals surface area contributed by atoms with Gasteiger partial charge in [-0.05, 0) is 34.3 Å². The molecule has 156 valence electrons. The molecule has 0 atom stereocenters. The van der Waals surface area contributed by atoms with Gasteiger partial charge < -0.3 is 5.11 Å². The van der Waals surface area contributed by atoms with Crippen molar-refractivity contribution in [3.63, 3.8) is 0 Å². The van der Waals surface area contributed by atoms with Crippen molar-refractivity contribution in [1.82, 2.24) is 0 Å². The highest BCUT2D eigenvalue weighted by molar-refractivity contribution is 9.12. The summed E-state index contributed by atoms with van der Waals surface area (Å²) >= 11 is 3.03. The fourth-order valence-corrected chi connectivity index (χ4v) is 3.73. The lowest BCUT2D eigenvalue weighted by Crippen LogP contribution is -2.01. The first-order valence-corrected chi connectivity index (χ1v) is 11.6. The molecule has 0 amide bonds. The molecule has 0 heterocycles. The number of carboxylic acid groups (broad SMARTS) is 1. The predicted molar refractivity (Wildman–Crippen MR) is 120 cm³/mol. The third kappa shape index (κ3) is 11.4. The number of allylic oxidation sites excluding steroid dienone is 1. The summed E-state index contributed by atoms with van der Waals surface area (Å²) in [6, 6.07) is 7.48. The number of hydrogen-bond acceptors (Lipinski definition) is 2. The Kier molecular flexibility index (Phi) is 13.6. The Labute approximate surface area is 178 Å². The van der Waals surface area contributed by atoms with E-state index in [2.05, 4.69) is 22.9 Å². The maximum Gasteiger partial charge on any atom is 0.329 e. The molecular formula is C24H35BrO3. The van der Waals surface area contributed by atoms with Crippen molar-refractivity contribution in [3.05, 3.63) is 46.0 Å². The molecular weight excluding hydrogens is 416 g/mol. The Morgan fingerprint density at radius 3 is 1.75 bits per heavy atom. The normalized spacial score (nSPS) is 11.6. The molecule has 0 radical (unpaired) electrons. The van der Waals surface area contributed by atoms with Crippen LogP contribution in [0, 0.1) is 0 Å². The third-order valence-corrected chi connectivity index (χ3v) is 5.59. The van der Waals surface area contributed by atoms with Crippen LogP contribution in [0.3, 0.4) is 0 Å². The van der Waals surface area contributed by atoms with Crippen molar-refractivity contribution in [2.24, 2.45) is 0 Å². The number of carboxylic acids is 1. The average Bonchev–Trinajstić information content (AvgIpc) is 2.68. The van der Waals surface area contributed by atoms with E-state index in [0.29, 0.717) is 5.56 Å². The summed E-state index contributed by atoms with van der Waals surface area (Å²) < 4.78 is 0.0636. The number of rotatable bonds is 16. The number of halogens is 1. The van der Waals surface area contributed by atoms with E-state index in [1.165, 1.54) is 82.6 Å². The Morgan fingerprint density at radius 1 is 0.821 bits per heavy atom. The molecule has 1 aromatic rings. The van der Waals surface area contributed by atoms with Gasteiger partial charge in [0, 0.05) is 11.6 Å². The van der Waals surface area contributed by atoms with Crippen molar-refractivity contribution < 1.29 is 14.7 Å². The second-order valence-corrected chi connectivity index (χ2v) is 8.35. The molecule has 0 bridgehead atoms. The van der Waals surface area contributed by atoms with Gasteiger partial charge in [0.05, 0.1) is 4.48 Å². The zero-order chi connectivity index (χ0) is 20.6. The van der Waals surface area contributed by atoms with Crippen LogP contribution in [-0.2, 0) is 11.2 Å². The number of carbonyl (C=O) groups is 2. The van der Waals surface area contributed by atoms with Gasteiger partial charge in [-0.1, -0.05) is 102 Å². The summed E-state index contributed by atoms with van der Waals surface area (Å²) in [7, 11) is 0. The minimum absolute atomic E-state index is 0.0636. The Hall–Kier alpha value is -1.42. The molecule has 28 heavy (non-hydrogen) atoms. The summed E-state index contributed by atoms with van der Waals surface area (Å²) in [4.78, 5) is 22.7.